The lowest BCUT2D eigenvalue weighted by atomic mass is 9.72. The molecular formula is C97H110Cl2N14O14S2. The molecule has 6 aromatic carbocycles. The molecule has 2 aliphatic carbocycles. The molecule has 2 amide bonds. The van der Waals surface area contributed by atoms with Crippen LogP contribution in [0.2, 0.25) is 10.0 Å². The van der Waals surface area contributed by atoms with Gasteiger partial charge in [-0.25, -0.2) is 36.2 Å². The van der Waals surface area contributed by atoms with Crippen molar-refractivity contribution in [3.05, 3.63) is 233 Å². The Morgan fingerprint density at radius 2 is 0.938 bits per heavy atom. The van der Waals surface area contributed by atoms with E-state index in [0.717, 1.165) is 200 Å². The van der Waals surface area contributed by atoms with Gasteiger partial charge in [0.25, 0.3) is 43.2 Å². The van der Waals surface area contributed by atoms with Crippen LogP contribution < -0.4 is 38.2 Å². The number of amides is 2. The zero-order valence-corrected chi connectivity index (χ0v) is 76.9. The van der Waals surface area contributed by atoms with Crippen LogP contribution in [-0.2, 0) is 32.9 Å². The first-order valence-electron chi connectivity index (χ1n) is 44.5. The molecule has 4 N–H and O–H groups in total. The van der Waals surface area contributed by atoms with E-state index in [1.165, 1.54) is 57.9 Å². The van der Waals surface area contributed by atoms with E-state index in [4.69, 9.17) is 42.1 Å². The van der Waals surface area contributed by atoms with Crippen LogP contribution in [0.4, 0.5) is 22.7 Å². The van der Waals surface area contributed by atoms with E-state index < -0.39 is 51.5 Å². The van der Waals surface area contributed by atoms with E-state index >= 15 is 0 Å². The van der Waals surface area contributed by atoms with Crippen molar-refractivity contribution in [3.8, 4) is 34.5 Å². The molecule has 129 heavy (non-hydrogen) atoms. The molecular weight excluding hydrogens is 1720 g/mol. The summed E-state index contributed by atoms with van der Waals surface area (Å²) in [6.07, 6.45) is 15.4. The highest BCUT2D eigenvalue weighted by atomic mass is 35.5. The Morgan fingerprint density at radius 3 is 1.33 bits per heavy atom. The standard InChI is InChI=1S/C49H56ClN7O7S.C48H54ClN7O7S/c1-48(2)14-11-35(42(26-48)33-5-7-36(50)8-6-33)28-54-17-19-56(20-18-54)37-9-10-40(45(23-37)64-38-22-34-12-15-51-46(34)52-27-38)47(58)53-65(61,62)39-24-43(57(59)60)41-21-32(29-63-44(41)25-39)13-16-55-30-49(3,4)31-55;1-31-27-54(28-31)15-12-32-20-41-43(56(58)59)23-39(24-44(41)62-30-32)64(60,61)52-47(57)40-9-8-37(22-45(40)63-38-21-34-11-14-50-46(34)51-26-38)55-18-16-53(17-19-55)29-35-10-13-48(2,3)25-42(35)33-4-6-36(49)7-5-33/h5-10,12,15,22-25,27,32H,11,13-14,16-21,26,28-31H2,1-4H3,(H,51,52)(H,53,58);4-9,11,14,21-24,26,31-32H,10,12-13,15-20,25,27-30H2,1-3H3,(H,50,51)(H,52,57)/t2*32-/m00/s1. The number of sulfonamides is 2. The number of likely N-dealkylation sites (tertiary alicyclic amines) is 2. The lowest BCUT2D eigenvalue weighted by Gasteiger charge is -2.46. The van der Waals surface area contributed by atoms with Gasteiger partial charge in [0.1, 0.15) is 45.8 Å². The summed E-state index contributed by atoms with van der Waals surface area (Å²) in [6.45, 7) is 30.4. The molecule has 2 atom stereocenters. The van der Waals surface area contributed by atoms with Crippen molar-refractivity contribution >= 4 is 111 Å². The normalized spacial score (nSPS) is 19.7. The number of nitrogens with zero attached hydrogens (tertiary/aromatic N) is 10. The molecule has 6 aliphatic heterocycles. The number of benzene rings is 6. The largest absolute Gasteiger partial charge is 0.493 e. The number of fused-ring (bicyclic) bond motifs is 4. The van der Waals surface area contributed by atoms with E-state index in [9.17, 15) is 46.7 Å². The van der Waals surface area contributed by atoms with Crippen LogP contribution in [0, 0.1) is 54.2 Å². The van der Waals surface area contributed by atoms with Gasteiger partial charge in [0.15, 0.2) is 0 Å². The van der Waals surface area contributed by atoms with Crippen LogP contribution in [-0.4, -0.2) is 196 Å². The maximum atomic E-state index is 14.1. The molecule has 0 bridgehead atoms. The molecule has 18 rings (SSSR count). The van der Waals surface area contributed by atoms with Crippen LogP contribution in [0.15, 0.2) is 179 Å². The zero-order valence-electron chi connectivity index (χ0n) is 73.8. The number of aromatic amines is 2. The second kappa shape index (κ2) is 37.1. The molecule has 8 aliphatic rings. The number of rotatable bonds is 26. The Bertz CT molecular complexity index is 6250. The third-order valence-electron chi connectivity index (χ3n) is 26.6. The van der Waals surface area contributed by atoms with Crippen molar-refractivity contribution in [2.75, 3.05) is 128 Å². The Hall–Kier alpha value is -11.0. The van der Waals surface area contributed by atoms with Gasteiger partial charge in [0.05, 0.1) is 67.5 Å². The Morgan fingerprint density at radius 1 is 0.527 bits per heavy atom. The molecule has 0 radical (unpaired) electrons. The number of ether oxygens (including phenoxy) is 4. The average Bonchev–Trinajstić information content (AvgIpc) is 1.16. The number of H-pyrrole nitrogens is 2. The third-order valence-corrected chi connectivity index (χ3v) is 29.7. The van der Waals surface area contributed by atoms with E-state index in [2.05, 4.69) is 132 Å². The molecule has 4 aromatic heterocycles. The molecule has 4 fully saturated rings. The van der Waals surface area contributed by atoms with Crippen molar-refractivity contribution in [1.82, 2.24) is 49.0 Å². The molecule has 0 spiro atoms. The number of halogens is 2. The summed E-state index contributed by atoms with van der Waals surface area (Å²) in [5.74, 6) is 0.108. The van der Waals surface area contributed by atoms with Crippen molar-refractivity contribution in [2.45, 2.75) is 122 Å². The van der Waals surface area contributed by atoms with Crippen LogP contribution in [0.5, 0.6) is 34.5 Å². The predicted molar refractivity (Wildman–Crippen MR) is 500 cm³/mol. The number of piperazine rings is 2. The minimum absolute atomic E-state index is 0.0369. The van der Waals surface area contributed by atoms with Gasteiger partial charge in [0, 0.05) is 173 Å². The van der Waals surface area contributed by atoms with Gasteiger partial charge in [-0.2, -0.15) is 0 Å². The Labute approximate surface area is 762 Å². The minimum Gasteiger partial charge on any atom is -0.493 e. The van der Waals surface area contributed by atoms with Crippen molar-refractivity contribution < 1.29 is 55.2 Å². The zero-order chi connectivity index (χ0) is 90.4. The maximum Gasteiger partial charge on any atom is 0.277 e. The molecule has 678 valence electrons. The van der Waals surface area contributed by atoms with Gasteiger partial charge in [-0.15, -0.1) is 0 Å². The van der Waals surface area contributed by atoms with Crippen molar-refractivity contribution in [1.29, 1.82) is 0 Å². The van der Waals surface area contributed by atoms with Gasteiger partial charge in [-0.1, -0.05) is 107 Å². The summed E-state index contributed by atoms with van der Waals surface area (Å²) >= 11 is 12.5. The summed E-state index contributed by atoms with van der Waals surface area (Å²) in [5, 5.41) is 27.7. The molecule has 4 saturated heterocycles. The predicted octanol–water partition coefficient (Wildman–Crippen LogP) is 17.8. The number of nitro benzene ring substituents is 2. The summed E-state index contributed by atoms with van der Waals surface area (Å²) in [7, 11) is -9.23. The van der Waals surface area contributed by atoms with E-state index in [0.29, 0.717) is 71.3 Å². The highest BCUT2D eigenvalue weighted by Gasteiger charge is 2.40. The highest BCUT2D eigenvalue weighted by molar-refractivity contribution is 7.90. The van der Waals surface area contributed by atoms with Gasteiger partial charge in [0.2, 0.25) is 0 Å². The fourth-order valence-electron chi connectivity index (χ4n) is 19.5. The quantitative estimate of drug-likeness (QED) is 0.0289. The number of pyridine rings is 2. The molecule has 10 heterocycles. The molecule has 10 aromatic rings. The molecule has 28 nitrogen and oxygen atoms in total. The van der Waals surface area contributed by atoms with Crippen molar-refractivity contribution in [2.24, 2.45) is 34.0 Å². The number of hydrogen-bond donors (Lipinski definition) is 4. The highest BCUT2D eigenvalue weighted by Crippen LogP contribution is 2.48. The molecule has 32 heteroatoms. The summed E-state index contributed by atoms with van der Waals surface area (Å²) in [4.78, 5) is 79.9. The average molecular weight is 1830 g/mol. The number of aromatic nitrogens is 4. The van der Waals surface area contributed by atoms with E-state index in [1.54, 1.807) is 60.9 Å². The number of nitrogens with one attached hydrogen (secondary N) is 4. The fraction of sp³-hybridized carbons (Fsp3) is 0.423. The second-order valence-corrected chi connectivity index (χ2v) is 42.7. The van der Waals surface area contributed by atoms with Gasteiger partial charge in [-0.3, -0.25) is 39.6 Å². The fourth-order valence-corrected chi connectivity index (χ4v) is 21.7. The first-order valence-corrected chi connectivity index (χ1v) is 48.2. The first kappa shape index (κ1) is 90.0. The summed E-state index contributed by atoms with van der Waals surface area (Å²) < 4.78 is 84.7. The Kier molecular flexibility index (Phi) is 25.9. The number of nitro groups is 2. The molecule has 0 unspecified atom stereocenters. The van der Waals surface area contributed by atoms with Crippen LogP contribution >= 0.6 is 23.2 Å². The Balaban J connectivity index is 0.000000181. The third kappa shape index (κ3) is 21.1. The van der Waals surface area contributed by atoms with Crippen molar-refractivity contribution in [3.63, 3.8) is 0 Å². The van der Waals surface area contributed by atoms with Crippen LogP contribution in [0.3, 0.4) is 0 Å². The lowest BCUT2D eigenvalue weighted by molar-refractivity contribution is -0.386. The van der Waals surface area contributed by atoms with E-state index in [1.807, 2.05) is 36.4 Å². The number of allylic oxidation sites excluding steroid dienone is 2. The van der Waals surface area contributed by atoms with Crippen LogP contribution in [0.1, 0.15) is 143 Å². The minimum atomic E-state index is -4.62. The lowest BCUT2D eigenvalue weighted by Crippen LogP contribution is -2.53. The summed E-state index contributed by atoms with van der Waals surface area (Å²) in [5.41, 5.74) is 11.9. The second-order valence-electron chi connectivity index (χ2n) is 38.4. The number of carbonyl (C=O) groups is 2. The maximum absolute atomic E-state index is 14.1. The van der Waals surface area contributed by atoms with Gasteiger partial charge >= 0.3 is 0 Å². The molecule has 0 saturated carbocycles. The van der Waals surface area contributed by atoms with Crippen LogP contribution in [0.25, 0.3) is 33.2 Å². The van der Waals surface area contributed by atoms with Gasteiger partial charge < -0.3 is 48.5 Å². The SMILES string of the molecule is CC1(C)CCC(CN2CCN(c3ccc(C(=O)NS(=O)(=O)c4cc5c(c([N+](=O)[O-])c4)C[C@H](CCN4CC(C)(C)C4)CO5)c(Oc4cnc5[nH]ccc5c4)c3)CC2)=C(c2ccc(Cl)cc2)C1.CC1CN(CC[C@@H]2COc3cc(S(=O)(=O)NC(=O)c4ccc(N5CCN(CC6=C(c7ccc(Cl)cc7)CC(C)(C)CC6)CC5)cc4Oc4cnc5[nH]ccc5c4)cc([N+](=O)[O-])c3C2)C1. The topological polar surface area (TPSA) is 326 Å². The number of hydrogen-bond acceptors (Lipinski definition) is 22. The first-order chi connectivity index (χ1) is 61.6. The van der Waals surface area contributed by atoms with E-state index in [-0.39, 0.29) is 68.2 Å². The monoisotopic (exact) mass is 1830 g/mol. The summed E-state index contributed by atoms with van der Waals surface area (Å²) in [6, 6.07) is 38.4. The number of anilines is 2. The smallest absolute Gasteiger partial charge is 0.277 e. The van der Waals surface area contributed by atoms with Gasteiger partial charge in [-0.05, 0) is 206 Å². The number of carbonyl (C=O) groups excluding carboxylic acids is 2.